The van der Waals surface area contributed by atoms with Crippen molar-refractivity contribution in [2.45, 2.75) is 26.4 Å². The summed E-state index contributed by atoms with van der Waals surface area (Å²) in [6.45, 7) is 2.18. The SMILES string of the molecule is CCCOCc1ccc(C(F)F)c(F)c1F. The Morgan fingerprint density at radius 2 is 1.88 bits per heavy atom. The molecule has 1 rings (SSSR count). The number of halogens is 4. The van der Waals surface area contributed by atoms with Gasteiger partial charge in [-0.1, -0.05) is 13.0 Å². The van der Waals surface area contributed by atoms with E-state index in [0.29, 0.717) is 6.61 Å². The summed E-state index contributed by atoms with van der Waals surface area (Å²) < 4.78 is 55.8. The summed E-state index contributed by atoms with van der Waals surface area (Å²) in [7, 11) is 0. The van der Waals surface area contributed by atoms with Crippen molar-refractivity contribution < 1.29 is 22.3 Å². The zero-order chi connectivity index (χ0) is 12.1. The van der Waals surface area contributed by atoms with E-state index in [1.165, 1.54) is 0 Å². The van der Waals surface area contributed by atoms with Crippen LogP contribution in [0, 0.1) is 11.6 Å². The fraction of sp³-hybridized carbons (Fsp3) is 0.455. The zero-order valence-corrected chi connectivity index (χ0v) is 8.77. The molecular weight excluding hydrogens is 224 g/mol. The van der Waals surface area contributed by atoms with Crippen molar-refractivity contribution >= 4 is 0 Å². The predicted octanol–water partition coefficient (Wildman–Crippen LogP) is 3.83. The molecule has 0 N–H and O–H groups in total. The first-order valence-corrected chi connectivity index (χ1v) is 4.90. The molecule has 0 atom stereocenters. The molecule has 1 aromatic rings. The summed E-state index contributed by atoms with van der Waals surface area (Å²) in [6.07, 6.45) is -2.26. The molecule has 0 heterocycles. The van der Waals surface area contributed by atoms with Gasteiger partial charge >= 0.3 is 0 Å². The quantitative estimate of drug-likeness (QED) is 0.557. The van der Waals surface area contributed by atoms with Crippen molar-refractivity contribution in [3.05, 3.63) is 34.9 Å². The maximum atomic E-state index is 13.3. The van der Waals surface area contributed by atoms with Gasteiger partial charge in [0.2, 0.25) is 0 Å². The molecule has 5 heteroatoms. The molecule has 0 saturated heterocycles. The minimum absolute atomic E-state index is 0.0460. The average Bonchev–Trinajstić information content (AvgIpc) is 2.24. The van der Waals surface area contributed by atoms with E-state index in [-0.39, 0.29) is 12.2 Å². The Hall–Kier alpha value is -1.10. The maximum absolute atomic E-state index is 13.3. The predicted molar refractivity (Wildman–Crippen MR) is 51.3 cm³/mol. The Bertz CT molecular complexity index is 352. The first-order valence-electron chi connectivity index (χ1n) is 4.90. The van der Waals surface area contributed by atoms with Crippen LogP contribution >= 0.6 is 0 Å². The lowest BCUT2D eigenvalue weighted by Crippen LogP contribution is -2.02. The van der Waals surface area contributed by atoms with Crippen LogP contribution in [0.25, 0.3) is 0 Å². The van der Waals surface area contributed by atoms with Crippen LogP contribution < -0.4 is 0 Å². The molecule has 1 aromatic carbocycles. The van der Waals surface area contributed by atoms with Crippen molar-refractivity contribution in [2.24, 2.45) is 0 Å². The van der Waals surface area contributed by atoms with Crippen molar-refractivity contribution in [2.75, 3.05) is 6.61 Å². The molecule has 0 amide bonds. The molecule has 0 spiro atoms. The number of benzene rings is 1. The summed E-state index contributed by atoms with van der Waals surface area (Å²) in [5.41, 5.74) is -0.966. The van der Waals surface area contributed by atoms with Crippen molar-refractivity contribution in [1.29, 1.82) is 0 Å². The maximum Gasteiger partial charge on any atom is 0.266 e. The van der Waals surface area contributed by atoms with Gasteiger partial charge in [-0.25, -0.2) is 17.6 Å². The lowest BCUT2D eigenvalue weighted by molar-refractivity contribution is 0.117. The van der Waals surface area contributed by atoms with Crippen molar-refractivity contribution in [1.82, 2.24) is 0 Å². The van der Waals surface area contributed by atoms with E-state index in [1.54, 1.807) is 0 Å². The van der Waals surface area contributed by atoms with Gasteiger partial charge in [0.05, 0.1) is 12.2 Å². The molecule has 0 unspecified atom stereocenters. The molecule has 0 aliphatic rings. The summed E-state index contributed by atoms with van der Waals surface area (Å²) in [4.78, 5) is 0. The third-order valence-corrected chi connectivity index (χ3v) is 2.03. The second-order valence-corrected chi connectivity index (χ2v) is 3.30. The monoisotopic (exact) mass is 236 g/mol. The van der Waals surface area contributed by atoms with E-state index in [2.05, 4.69) is 0 Å². The highest BCUT2D eigenvalue weighted by atomic mass is 19.3. The third kappa shape index (κ3) is 2.95. The van der Waals surface area contributed by atoms with E-state index in [4.69, 9.17) is 4.74 Å². The molecule has 1 nitrogen and oxygen atoms in total. The lowest BCUT2D eigenvalue weighted by atomic mass is 10.1. The number of hydrogen-bond donors (Lipinski definition) is 0. The van der Waals surface area contributed by atoms with Gasteiger partial charge in [0, 0.05) is 12.2 Å². The van der Waals surface area contributed by atoms with Gasteiger partial charge in [0.25, 0.3) is 6.43 Å². The highest BCUT2D eigenvalue weighted by Crippen LogP contribution is 2.25. The Morgan fingerprint density at radius 1 is 1.19 bits per heavy atom. The molecule has 0 bridgehead atoms. The molecular formula is C11H12F4O. The van der Waals surface area contributed by atoms with E-state index in [9.17, 15) is 17.6 Å². The summed E-state index contributed by atoms with van der Waals surface area (Å²) in [5.74, 6) is -2.75. The third-order valence-electron chi connectivity index (χ3n) is 2.03. The molecule has 0 aromatic heterocycles. The highest BCUT2D eigenvalue weighted by molar-refractivity contribution is 5.26. The van der Waals surface area contributed by atoms with Crippen LogP contribution in [-0.2, 0) is 11.3 Å². The smallest absolute Gasteiger partial charge is 0.266 e. The average molecular weight is 236 g/mol. The van der Waals surface area contributed by atoms with E-state index in [1.807, 2.05) is 6.92 Å². The topological polar surface area (TPSA) is 9.23 Å². The van der Waals surface area contributed by atoms with Gasteiger partial charge < -0.3 is 4.74 Å². The van der Waals surface area contributed by atoms with Gasteiger partial charge in [0.1, 0.15) is 0 Å². The molecule has 0 saturated carbocycles. The lowest BCUT2D eigenvalue weighted by Gasteiger charge is -2.08. The fourth-order valence-corrected chi connectivity index (χ4v) is 1.21. The van der Waals surface area contributed by atoms with Crippen LogP contribution in [0.1, 0.15) is 30.9 Å². The normalized spacial score (nSPS) is 11.1. The van der Waals surface area contributed by atoms with Gasteiger partial charge in [-0.15, -0.1) is 0 Å². The minimum atomic E-state index is -3.01. The zero-order valence-electron chi connectivity index (χ0n) is 8.77. The van der Waals surface area contributed by atoms with Gasteiger partial charge in [0.15, 0.2) is 11.6 Å². The first-order chi connectivity index (χ1) is 7.57. The largest absolute Gasteiger partial charge is 0.377 e. The Labute approximate surface area is 91.0 Å². The fourth-order valence-electron chi connectivity index (χ4n) is 1.21. The first kappa shape index (κ1) is 13.0. The standard InChI is InChI=1S/C11H12F4O/c1-2-5-16-6-7-3-4-8(11(14)15)10(13)9(7)12/h3-4,11H,2,5-6H2,1H3. The Kier molecular flexibility index (Phi) is 4.73. The molecule has 0 aliphatic heterocycles. The molecule has 90 valence electrons. The van der Waals surface area contributed by atoms with Gasteiger partial charge in [-0.2, -0.15) is 0 Å². The van der Waals surface area contributed by atoms with E-state index >= 15 is 0 Å². The van der Waals surface area contributed by atoms with Crippen LogP contribution in [-0.4, -0.2) is 6.61 Å². The number of alkyl halides is 2. The number of hydrogen-bond acceptors (Lipinski definition) is 1. The molecule has 16 heavy (non-hydrogen) atoms. The van der Waals surface area contributed by atoms with Gasteiger partial charge in [-0.05, 0) is 12.5 Å². The van der Waals surface area contributed by atoms with Crippen molar-refractivity contribution in [3.8, 4) is 0 Å². The minimum Gasteiger partial charge on any atom is -0.377 e. The van der Waals surface area contributed by atoms with Crippen LogP contribution in [0.15, 0.2) is 12.1 Å². The molecule has 0 radical (unpaired) electrons. The van der Waals surface area contributed by atoms with Crippen LogP contribution in [0.4, 0.5) is 17.6 Å². The summed E-state index contributed by atoms with van der Waals surface area (Å²) >= 11 is 0. The van der Waals surface area contributed by atoms with Crippen LogP contribution in [0.3, 0.4) is 0 Å². The highest BCUT2D eigenvalue weighted by Gasteiger charge is 2.19. The van der Waals surface area contributed by atoms with E-state index in [0.717, 1.165) is 18.6 Å². The van der Waals surface area contributed by atoms with Gasteiger partial charge in [-0.3, -0.25) is 0 Å². The van der Waals surface area contributed by atoms with Crippen LogP contribution in [0.2, 0.25) is 0 Å². The molecule has 0 fully saturated rings. The number of rotatable bonds is 5. The molecule has 0 aliphatic carbocycles. The Balaban J connectivity index is 2.85. The van der Waals surface area contributed by atoms with Crippen molar-refractivity contribution in [3.63, 3.8) is 0 Å². The second kappa shape index (κ2) is 5.84. The van der Waals surface area contributed by atoms with Crippen LogP contribution in [0.5, 0.6) is 0 Å². The second-order valence-electron chi connectivity index (χ2n) is 3.30. The van der Waals surface area contributed by atoms with E-state index < -0.39 is 23.6 Å². The number of ether oxygens (including phenoxy) is 1. The summed E-state index contributed by atoms with van der Waals surface area (Å²) in [6, 6.07) is 2.00. The Morgan fingerprint density at radius 3 is 2.44 bits per heavy atom. The summed E-state index contributed by atoms with van der Waals surface area (Å²) in [5, 5.41) is 0.